The van der Waals surface area contributed by atoms with Gasteiger partial charge < -0.3 is 14.6 Å². The molecule has 0 radical (unpaired) electrons. The summed E-state index contributed by atoms with van der Waals surface area (Å²) in [6, 6.07) is 11.2. The van der Waals surface area contributed by atoms with Crippen molar-refractivity contribution in [2.75, 3.05) is 7.11 Å². The largest absolute Gasteiger partial charge is 0.506 e. The zero-order valence-electron chi connectivity index (χ0n) is 16.8. The number of aliphatic hydroxyl groups excluding tert-OH is 1. The molecule has 0 fully saturated rings. The molecule has 0 aliphatic heterocycles. The minimum absolute atomic E-state index is 0.226. The minimum Gasteiger partial charge on any atom is -0.506 e. The summed E-state index contributed by atoms with van der Waals surface area (Å²) in [6.07, 6.45) is 7.31. The van der Waals surface area contributed by atoms with Crippen LogP contribution < -0.4 is 4.74 Å². The molecule has 144 valence electrons. The SMILES string of the molecule is C#C/C(C(=O)OC)=C(/O)c1ccc(Oc2c(C)cccc2C)cc1/C(C)=C\C. The maximum absolute atomic E-state index is 11.9. The molecule has 2 rings (SSSR count). The van der Waals surface area contributed by atoms with Crippen molar-refractivity contribution in [1.82, 2.24) is 0 Å². The second-order valence-corrected chi connectivity index (χ2v) is 6.36. The molecule has 4 heteroatoms. The molecule has 0 aliphatic carbocycles. The number of carbonyl (C=O) groups excluding carboxylic acids is 1. The predicted molar refractivity (Wildman–Crippen MR) is 112 cm³/mol. The third-order valence-corrected chi connectivity index (χ3v) is 4.50. The van der Waals surface area contributed by atoms with E-state index in [1.54, 1.807) is 12.1 Å². The van der Waals surface area contributed by atoms with E-state index in [9.17, 15) is 9.90 Å². The second kappa shape index (κ2) is 8.96. The number of aryl methyl sites for hydroxylation is 2. The Kier molecular flexibility index (Phi) is 6.68. The van der Waals surface area contributed by atoms with Gasteiger partial charge in [-0.05, 0) is 68.2 Å². The number of hydrogen-bond donors (Lipinski definition) is 1. The first-order valence-electron chi connectivity index (χ1n) is 8.84. The van der Waals surface area contributed by atoms with Crippen molar-refractivity contribution in [2.24, 2.45) is 0 Å². The normalized spacial score (nSPS) is 12.1. The molecule has 0 spiro atoms. The summed E-state index contributed by atoms with van der Waals surface area (Å²) in [5, 5.41) is 10.6. The van der Waals surface area contributed by atoms with Crippen LogP contribution in [0.25, 0.3) is 11.3 Å². The number of ether oxygens (including phenoxy) is 2. The van der Waals surface area contributed by atoms with Gasteiger partial charge >= 0.3 is 5.97 Å². The number of rotatable bonds is 5. The van der Waals surface area contributed by atoms with Crippen LogP contribution in [0.1, 0.15) is 36.1 Å². The fourth-order valence-electron chi connectivity index (χ4n) is 2.81. The fourth-order valence-corrected chi connectivity index (χ4v) is 2.81. The number of terminal acetylenes is 1. The van der Waals surface area contributed by atoms with E-state index in [1.165, 1.54) is 7.11 Å². The number of benzene rings is 2. The van der Waals surface area contributed by atoms with Crippen molar-refractivity contribution in [3.05, 3.63) is 70.3 Å². The first kappa shape index (κ1) is 20.9. The van der Waals surface area contributed by atoms with Gasteiger partial charge in [0.1, 0.15) is 17.3 Å². The molecule has 0 saturated carbocycles. The minimum atomic E-state index is -0.764. The molecule has 0 unspecified atom stereocenters. The molecular formula is C24H24O4. The highest BCUT2D eigenvalue weighted by molar-refractivity contribution is 6.01. The molecule has 0 amide bonds. The van der Waals surface area contributed by atoms with Crippen LogP contribution in [0.4, 0.5) is 0 Å². The maximum atomic E-state index is 11.9. The van der Waals surface area contributed by atoms with Crippen LogP contribution in [0.2, 0.25) is 0 Å². The number of aliphatic hydroxyl groups is 1. The first-order valence-corrected chi connectivity index (χ1v) is 8.84. The Morgan fingerprint density at radius 3 is 2.32 bits per heavy atom. The van der Waals surface area contributed by atoms with Gasteiger partial charge in [-0.3, -0.25) is 0 Å². The van der Waals surface area contributed by atoms with Crippen LogP contribution in [0.15, 0.2) is 48.0 Å². The van der Waals surface area contributed by atoms with Crippen LogP contribution in [0, 0.1) is 26.2 Å². The third kappa shape index (κ3) is 4.27. The van der Waals surface area contributed by atoms with Crippen LogP contribution in [0.5, 0.6) is 11.5 Å². The van der Waals surface area contributed by atoms with E-state index in [1.807, 2.05) is 58.0 Å². The van der Waals surface area contributed by atoms with E-state index in [4.69, 9.17) is 11.2 Å². The molecule has 0 bridgehead atoms. The Hall–Kier alpha value is -3.45. The van der Waals surface area contributed by atoms with Crippen LogP contribution >= 0.6 is 0 Å². The smallest absolute Gasteiger partial charge is 0.350 e. The molecule has 0 aromatic heterocycles. The fraction of sp³-hybridized carbons (Fsp3) is 0.208. The van der Waals surface area contributed by atoms with Crippen molar-refractivity contribution in [1.29, 1.82) is 0 Å². The van der Waals surface area contributed by atoms with Crippen LogP contribution in [-0.2, 0) is 9.53 Å². The molecule has 2 aromatic carbocycles. The lowest BCUT2D eigenvalue weighted by atomic mass is 9.96. The number of hydrogen-bond acceptors (Lipinski definition) is 4. The van der Waals surface area contributed by atoms with Crippen molar-refractivity contribution in [3.8, 4) is 23.8 Å². The summed E-state index contributed by atoms with van der Waals surface area (Å²) in [5.74, 6) is 2.55. The Morgan fingerprint density at radius 2 is 1.79 bits per heavy atom. The topological polar surface area (TPSA) is 55.8 Å². The van der Waals surface area contributed by atoms with E-state index in [-0.39, 0.29) is 11.3 Å². The van der Waals surface area contributed by atoms with Gasteiger partial charge in [0.2, 0.25) is 0 Å². The number of esters is 1. The van der Waals surface area contributed by atoms with Gasteiger partial charge in [-0.15, -0.1) is 6.42 Å². The Morgan fingerprint density at radius 1 is 1.14 bits per heavy atom. The van der Waals surface area contributed by atoms with Gasteiger partial charge in [-0.1, -0.05) is 30.2 Å². The molecule has 28 heavy (non-hydrogen) atoms. The predicted octanol–water partition coefficient (Wildman–Crippen LogP) is 5.59. The number of carbonyl (C=O) groups is 1. The average Bonchev–Trinajstić information content (AvgIpc) is 2.70. The zero-order chi connectivity index (χ0) is 20.8. The van der Waals surface area contributed by atoms with E-state index in [2.05, 4.69) is 10.7 Å². The lowest BCUT2D eigenvalue weighted by molar-refractivity contribution is -0.135. The summed E-state index contributed by atoms with van der Waals surface area (Å²) < 4.78 is 10.8. The van der Waals surface area contributed by atoms with Gasteiger partial charge in [0.15, 0.2) is 5.57 Å². The highest BCUT2D eigenvalue weighted by Gasteiger charge is 2.19. The van der Waals surface area contributed by atoms with Crippen molar-refractivity contribution in [3.63, 3.8) is 0 Å². The lowest BCUT2D eigenvalue weighted by Crippen LogP contribution is -2.07. The van der Waals surface area contributed by atoms with Crippen molar-refractivity contribution in [2.45, 2.75) is 27.7 Å². The van der Waals surface area contributed by atoms with E-state index in [0.29, 0.717) is 16.9 Å². The van der Waals surface area contributed by atoms with Gasteiger partial charge in [0, 0.05) is 5.56 Å². The quantitative estimate of drug-likeness (QED) is 0.320. The number of para-hydroxylation sites is 1. The molecule has 0 saturated heterocycles. The van der Waals surface area contributed by atoms with Gasteiger partial charge in [0.05, 0.1) is 7.11 Å². The summed E-state index contributed by atoms with van der Waals surface area (Å²) in [5.41, 5.74) is 3.86. The molecular weight excluding hydrogens is 352 g/mol. The summed E-state index contributed by atoms with van der Waals surface area (Å²) in [6.45, 7) is 7.77. The summed E-state index contributed by atoms with van der Waals surface area (Å²) in [7, 11) is 1.21. The monoisotopic (exact) mass is 376 g/mol. The summed E-state index contributed by atoms with van der Waals surface area (Å²) >= 11 is 0. The zero-order valence-corrected chi connectivity index (χ0v) is 16.8. The number of allylic oxidation sites excluding steroid dienone is 2. The lowest BCUT2D eigenvalue weighted by Gasteiger charge is -2.16. The van der Waals surface area contributed by atoms with E-state index >= 15 is 0 Å². The average molecular weight is 376 g/mol. The molecule has 0 atom stereocenters. The highest BCUT2D eigenvalue weighted by Crippen LogP contribution is 2.34. The van der Waals surface area contributed by atoms with Gasteiger partial charge in [-0.25, -0.2) is 4.79 Å². The Labute approximate surface area is 166 Å². The third-order valence-electron chi connectivity index (χ3n) is 4.50. The number of methoxy groups -OCH3 is 1. The van der Waals surface area contributed by atoms with Crippen molar-refractivity contribution >= 4 is 17.3 Å². The second-order valence-electron chi connectivity index (χ2n) is 6.36. The molecule has 1 N–H and O–H groups in total. The maximum Gasteiger partial charge on any atom is 0.350 e. The van der Waals surface area contributed by atoms with Crippen LogP contribution in [0.3, 0.4) is 0 Å². The standard InChI is InChI=1S/C24H24O4/c1-7-15(3)21-14-18(28-23-16(4)10-9-11-17(23)5)12-13-20(21)22(25)19(8-2)24(26)27-6/h2,7,9-14,25H,1,3-6H3/b15-7-,22-19-. The van der Waals surface area contributed by atoms with Crippen molar-refractivity contribution < 1.29 is 19.4 Å². The Bertz CT molecular complexity index is 984. The first-order chi connectivity index (χ1) is 13.3. The molecule has 0 heterocycles. The van der Waals surface area contributed by atoms with E-state index < -0.39 is 5.97 Å². The Balaban J connectivity index is 2.61. The van der Waals surface area contributed by atoms with E-state index in [0.717, 1.165) is 22.4 Å². The van der Waals surface area contributed by atoms with Gasteiger partial charge in [-0.2, -0.15) is 0 Å². The molecule has 4 nitrogen and oxygen atoms in total. The van der Waals surface area contributed by atoms with Gasteiger partial charge in [0.25, 0.3) is 0 Å². The molecule has 2 aromatic rings. The summed E-state index contributed by atoms with van der Waals surface area (Å²) in [4.78, 5) is 11.9. The molecule has 0 aliphatic rings. The van der Waals surface area contributed by atoms with Crippen LogP contribution in [-0.4, -0.2) is 18.2 Å². The highest BCUT2D eigenvalue weighted by atomic mass is 16.5.